The van der Waals surface area contributed by atoms with Crippen molar-refractivity contribution in [1.29, 1.82) is 0 Å². The fourth-order valence-corrected chi connectivity index (χ4v) is 1.43. The average Bonchev–Trinajstić information content (AvgIpc) is 2.42. The molecular weight excluding hydrogens is 238 g/mol. The highest BCUT2D eigenvalue weighted by Gasteiger charge is 2.27. The first-order chi connectivity index (χ1) is 8.60. The van der Waals surface area contributed by atoms with Gasteiger partial charge in [-0.1, -0.05) is 0 Å². The van der Waals surface area contributed by atoms with Gasteiger partial charge in [0.05, 0.1) is 32.5 Å². The molecule has 1 aromatic carbocycles. The van der Waals surface area contributed by atoms with Crippen molar-refractivity contribution in [2.75, 3.05) is 26.9 Å². The summed E-state index contributed by atoms with van der Waals surface area (Å²) in [4.78, 5) is 0. The van der Waals surface area contributed by atoms with E-state index in [0.717, 1.165) is 0 Å². The maximum Gasteiger partial charge on any atom is 0.120 e. The van der Waals surface area contributed by atoms with Crippen molar-refractivity contribution in [3.63, 3.8) is 0 Å². The summed E-state index contributed by atoms with van der Waals surface area (Å²) < 4.78 is 5.03. The van der Waals surface area contributed by atoms with Gasteiger partial charge in [-0.25, -0.2) is 0 Å². The SMILES string of the molecule is COc1ccc(O)c(CNC(CO)(CO)CO)c1. The number of aromatic hydroxyl groups is 1. The number of phenols is 1. The lowest BCUT2D eigenvalue weighted by atomic mass is 10.0. The molecule has 0 spiro atoms. The Labute approximate surface area is 105 Å². The predicted molar refractivity (Wildman–Crippen MR) is 65.5 cm³/mol. The fraction of sp³-hybridized carbons (Fsp3) is 0.500. The third kappa shape index (κ3) is 3.33. The minimum Gasteiger partial charge on any atom is -0.508 e. The van der Waals surface area contributed by atoms with Crippen LogP contribution < -0.4 is 10.1 Å². The molecule has 0 bridgehead atoms. The van der Waals surface area contributed by atoms with Gasteiger partial charge < -0.3 is 30.5 Å². The number of ether oxygens (including phenoxy) is 1. The van der Waals surface area contributed by atoms with Crippen LogP contribution in [0.25, 0.3) is 0 Å². The Morgan fingerprint density at radius 3 is 2.28 bits per heavy atom. The minimum absolute atomic E-state index is 0.0750. The van der Waals surface area contributed by atoms with E-state index < -0.39 is 25.4 Å². The summed E-state index contributed by atoms with van der Waals surface area (Å²) in [6, 6.07) is 4.75. The summed E-state index contributed by atoms with van der Waals surface area (Å²) in [5, 5.41) is 40.0. The topological polar surface area (TPSA) is 102 Å². The normalized spacial score (nSPS) is 11.6. The molecule has 0 radical (unpaired) electrons. The highest BCUT2D eigenvalue weighted by atomic mass is 16.5. The second-order valence-electron chi connectivity index (χ2n) is 4.10. The molecule has 5 N–H and O–H groups in total. The maximum atomic E-state index is 9.66. The van der Waals surface area contributed by atoms with Gasteiger partial charge in [0.15, 0.2) is 0 Å². The number of hydrogen-bond acceptors (Lipinski definition) is 6. The molecule has 0 saturated heterocycles. The van der Waals surface area contributed by atoms with Crippen LogP contribution in [0.1, 0.15) is 5.56 Å². The summed E-state index contributed by atoms with van der Waals surface area (Å²) in [6.45, 7) is -1.05. The van der Waals surface area contributed by atoms with Crippen molar-refractivity contribution >= 4 is 0 Å². The van der Waals surface area contributed by atoms with E-state index in [1.165, 1.54) is 13.2 Å². The zero-order valence-electron chi connectivity index (χ0n) is 10.3. The van der Waals surface area contributed by atoms with Crippen LogP contribution in [0.4, 0.5) is 0 Å². The van der Waals surface area contributed by atoms with E-state index in [0.29, 0.717) is 11.3 Å². The van der Waals surface area contributed by atoms with Gasteiger partial charge in [0, 0.05) is 12.1 Å². The van der Waals surface area contributed by atoms with Crippen LogP contribution in [0.3, 0.4) is 0 Å². The van der Waals surface area contributed by atoms with E-state index >= 15 is 0 Å². The van der Waals surface area contributed by atoms with Crippen LogP contribution in [-0.2, 0) is 6.54 Å². The van der Waals surface area contributed by atoms with Crippen molar-refractivity contribution in [3.8, 4) is 11.5 Å². The molecule has 18 heavy (non-hydrogen) atoms. The molecule has 0 aliphatic rings. The number of rotatable bonds is 7. The second-order valence-corrected chi connectivity index (χ2v) is 4.10. The van der Waals surface area contributed by atoms with E-state index in [2.05, 4.69) is 5.32 Å². The molecule has 0 aromatic heterocycles. The van der Waals surface area contributed by atoms with E-state index in [9.17, 15) is 5.11 Å². The number of aliphatic hydroxyl groups is 3. The van der Waals surface area contributed by atoms with Gasteiger partial charge in [0.1, 0.15) is 11.5 Å². The van der Waals surface area contributed by atoms with Crippen molar-refractivity contribution in [3.05, 3.63) is 23.8 Å². The lowest BCUT2D eigenvalue weighted by Gasteiger charge is -2.29. The molecule has 1 rings (SSSR count). The summed E-state index contributed by atoms with van der Waals surface area (Å²) in [7, 11) is 1.52. The third-order valence-corrected chi connectivity index (χ3v) is 2.85. The average molecular weight is 257 g/mol. The van der Waals surface area contributed by atoms with Crippen molar-refractivity contribution in [1.82, 2.24) is 5.32 Å². The lowest BCUT2D eigenvalue weighted by molar-refractivity contribution is 0.0412. The zero-order chi connectivity index (χ0) is 13.6. The van der Waals surface area contributed by atoms with Gasteiger partial charge in [-0.15, -0.1) is 0 Å². The van der Waals surface area contributed by atoms with E-state index in [4.69, 9.17) is 20.1 Å². The van der Waals surface area contributed by atoms with Crippen LogP contribution in [-0.4, -0.2) is 52.9 Å². The number of methoxy groups -OCH3 is 1. The molecule has 6 heteroatoms. The molecule has 102 valence electrons. The van der Waals surface area contributed by atoms with Crippen LogP contribution in [0.2, 0.25) is 0 Å². The van der Waals surface area contributed by atoms with Gasteiger partial charge in [-0.05, 0) is 18.2 Å². The monoisotopic (exact) mass is 257 g/mol. The third-order valence-electron chi connectivity index (χ3n) is 2.85. The molecule has 0 aliphatic heterocycles. The van der Waals surface area contributed by atoms with Gasteiger partial charge in [0.25, 0.3) is 0 Å². The Balaban J connectivity index is 2.78. The van der Waals surface area contributed by atoms with Gasteiger partial charge in [-0.2, -0.15) is 0 Å². The van der Waals surface area contributed by atoms with Gasteiger partial charge in [-0.3, -0.25) is 0 Å². The summed E-state index contributed by atoms with van der Waals surface area (Å²) in [5.74, 6) is 0.665. The number of aliphatic hydroxyl groups excluding tert-OH is 3. The highest BCUT2D eigenvalue weighted by molar-refractivity contribution is 5.39. The Morgan fingerprint density at radius 2 is 1.78 bits per heavy atom. The first-order valence-electron chi connectivity index (χ1n) is 5.54. The van der Waals surface area contributed by atoms with E-state index in [1.807, 2.05) is 0 Å². The number of benzene rings is 1. The molecule has 0 amide bonds. The number of nitrogens with one attached hydrogen (secondary N) is 1. The van der Waals surface area contributed by atoms with Crippen LogP contribution in [0.15, 0.2) is 18.2 Å². The largest absolute Gasteiger partial charge is 0.508 e. The van der Waals surface area contributed by atoms with Crippen molar-refractivity contribution in [2.45, 2.75) is 12.1 Å². The first-order valence-corrected chi connectivity index (χ1v) is 5.54. The predicted octanol–water partition coefficient (Wildman–Crippen LogP) is -0.794. The molecule has 0 atom stereocenters. The summed E-state index contributed by atoms with van der Waals surface area (Å²) in [5.41, 5.74) is -0.621. The molecule has 0 unspecified atom stereocenters. The van der Waals surface area contributed by atoms with Crippen molar-refractivity contribution in [2.24, 2.45) is 0 Å². The van der Waals surface area contributed by atoms with Gasteiger partial charge >= 0.3 is 0 Å². The smallest absolute Gasteiger partial charge is 0.120 e. The summed E-state index contributed by atoms with van der Waals surface area (Å²) in [6.07, 6.45) is 0. The van der Waals surface area contributed by atoms with Gasteiger partial charge in [0.2, 0.25) is 0 Å². The first kappa shape index (κ1) is 14.7. The lowest BCUT2D eigenvalue weighted by Crippen LogP contribution is -2.54. The Morgan fingerprint density at radius 1 is 1.17 bits per heavy atom. The standard InChI is InChI=1S/C12H19NO5/c1-18-10-2-3-11(17)9(4-10)5-13-12(6-14,7-15)8-16/h2-4,13-17H,5-8H2,1H3. The zero-order valence-corrected chi connectivity index (χ0v) is 10.3. The molecule has 0 heterocycles. The maximum absolute atomic E-state index is 9.66. The van der Waals surface area contributed by atoms with Crippen LogP contribution >= 0.6 is 0 Å². The van der Waals surface area contributed by atoms with Crippen LogP contribution in [0, 0.1) is 0 Å². The molecule has 1 aromatic rings. The molecule has 0 saturated carbocycles. The van der Waals surface area contributed by atoms with Crippen LogP contribution in [0.5, 0.6) is 11.5 Å². The highest BCUT2D eigenvalue weighted by Crippen LogP contribution is 2.23. The quantitative estimate of drug-likeness (QED) is 0.438. The Hall–Kier alpha value is -1.34. The second kappa shape index (κ2) is 6.55. The van der Waals surface area contributed by atoms with Crippen molar-refractivity contribution < 1.29 is 25.2 Å². The van der Waals surface area contributed by atoms with E-state index in [1.54, 1.807) is 12.1 Å². The molecular formula is C12H19NO5. The Bertz CT molecular complexity index is 370. The van der Waals surface area contributed by atoms with E-state index in [-0.39, 0.29) is 12.3 Å². The molecule has 0 aliphatic carbocycles. The summed E-state index contributed by atoms with van der Waals surface area (Å²) >= 11 is 0. The number of phenolic OH excluding ortho intramolecular Hbond substituents is 1. The fourth-order valence-electron chi connectivity index (χ4n) is 1.43. The Kier molecular flexibility index (Phi) is 5.36. The minimum atomic E-state index is -1.17. The number of hydrogen-bond donors (Lipinski definition) is 5. The molecule has 6 nitrogen and oxygen atoms in total. The molecule has 0 fully saturated rings.